The summed E-state index contributed by atoms with van der Waals surface area (Å²) in [7, 11) is 0. The van der Waals surface area contributed by atoms with Gasteiger partial charge in [-0.3, -0.25) is 0 Å². The largest absolute Gasteiger partial charge is 0.435 e. The first-order chi connectivity index (χ1) is 15.2. The highest BCUT2D eigenvalue weighted by atomic mass is 32.1. The Kier molecular flexibility index (Phi) is 4.96. The quantitative estimate of drug-likeness (QED) is 0.446. The van der Waals surface area contributed by atoms with Crippen molar-refractivity contribution in [2.45, 2.75) is 19.8 Å². The average Bonchev–Trinajstić information content (AvgIpc) is 3.56. The molecule has 0 atom stereocenters. The second-order valence-electron chi connectivity index (χ2n) is 6.98. The predicted molar refractivity (Wildman–Crippen MR) is 112 cm³/mol. The number of nitrogens with zero attached hydrogens (tertiary/aromatic N) is 9. The van der Waals surface area contributed by atoms with Crippen molar-refractivity contribution in [2.75, 3.05) is 11.4 Å². The SMILES string of the molecule is CC(C)c1noc(C2=CCN(c3nsnc3Oc3ccc(-n4cnnn4)cc3)C=C2)n1. The molecule has 3 aromatic heterocycles. The molecule has 5 rings (SSSR count). The van der Waals surface area contributed by atoms with Gasteiger partial charge in [0.05, 0.1) is 17.4 Å². The third-order valence-electron chi connectivity index (χ3n) is 4.53. The van der Waals surface area contributed by atoms with E-state index in [1.165, 1.54) is 6.33 Å². The van der Waals surface area contributed by atoms with E-state index in [4.69, 9.17) is 9.26 Å². The Balaban J connectivity index is 1.28. The molecule has 11 nitrogen and oxygen atoms in total. The Labute approximate surface area is 181 Å². The van der Waals surface area contributed by atoms with Crippen molar-refractivity contribution in [2.24, 2.45) is 0 Å². The zero-order chi connectivity index (χ0) is 21.2. The molecule has 0 N–H and O–H groups in total. The van der Waals surface area contributed by atoms with Crippen molar-refractivity contribution in [1.82, 2.24) is 39.1 Å². The van der Waals surface area contributed by atoms with Crippen LogP contribution in [0.15, 0.2) is 53.5 Å². The van der Waals surface area contributed by atoms with Crippen LogP contribution in [-0.4, -0.2) is 45.6 Å². The van der Waals surface area contributed by atoms with Gasteiger partial charge in [-0.1, -0.05) is 25.1 Å². The maximum absolute atomic E-state index is 5.96. The van der Waals surface area contributed by atoms with Gasteiger partial charge in [0, 0.05) is 24.2 Å². The Morgan fingerprint density at radius 1 is 1.16 bits per heavy atom. The number of allylic oxidation sites excluding steroid dienone is 2. The molecule has 0 fully saturated rings. The van der Waals surface area contributed by atoms with Crippen molar-refractivity contribution in [3.63, 3.8) is 0 Å². The summed E-state index contributed by atoms with van der Waals surface area (Å²) in [6.45, 7) is 4.63. The molecule has 156 valence electrons. The lowest BCUT2D eigenvalue weighted by molar-refractivity contribution is 0.398. The van der Waals surface area contributed by atoms with E-state index < -0.39 is 0 Å². The van der Waals surface area contributed by atoms with Gasteiger partial charge in [-0.15, -0.1) is 9.47 Å². The Morgan fingerprint density at radius 2 is 2.03 bits per heavy atom. The van der Waals surface area contributed by atoms with E-state index >= 15 is 0 Å². The van der Waals surface area contributed by atoms with Crippen LogP contribution in [0.3, 0.4) is 0 Å². The number of hydrogen-bond donors (Lipinski definition) is 0. The summed E-state index contributed by atoms with van der Waals surface area (Å²) in [5.41, 5.74) is 1.70. The summed E-state index contributed by atoms with van der Waals surface area (Å²) in [6.07, 6.45) is 7.34. The van der Waals surface area contributed by atoms with Gasteiger partial charge in [-0.25, -0.2) is 4.68 Å². The van der Waals surface area contributed by atoms with Gasteiger partial charge < -0.3 is 14.2 Å². The summed E-state index contributed by atoms with van der Waals surface area (Å²) in [4.78, 5) is 6.38. The lowest BCUT2D eigenvalue weighted by atomic mass is 10.2. The highest BCUT2D eigenvalue weighted by molar-refractivity contribution is 6.99. The maximum atomic E-state index is 5.96. The predicted octanol–water partition coefficient (Wildman–Crippen LogP) is 3.23. The van der Waals surface area contributed by atoms with Crippen molar-refractivity contribution in [3.05, 3.63) is 60.7 Å². The van der Waals surface area contributed by atoms with Crippen LogP contribution in [0.4, 0.5) is 5.82 Å². The van der Waals surface area contributed by atoms with Gasteiger partial charge >= 0.3 is 0 Å². The summed E-state index contributed by atoms with van der Waals surface area (Å²) >= 11 is 1.09. The van der Waals surface area contributed by atoms with Crippen LogP contribution in [0.1, 0.15) is 31.5 Å². The zero-order valence-corrected chi connectivity index (χ0v) is 17.5. The molecule has 31 heavy (non-hydrogen) atoms. The molecule has 0 aliphatic carbocycles. The summed E-state index contributed by atoms with van der Waals surface area (Å²) in [6, 6.07) is 7.37. The van der Waals surface area contributed by atoms with Crippen molar-refractivity contribution in [3.8, 4) is 17.3 Å². The van der Waals surface area contributed by atoms with Crippen molar-refractivity contribution < 1.29 is 9.26 Å². The lowest BCUT2D eigenvalue weighted by Crippen LogP contribution is -2.19. The Bertz CT molecular complexity index is 1230. The molecular weight excluding hydrogens is 418 g/mol. The topological polar surface area (TPSA) is 121 Å². The van der Waals surface area contributed by atoms with Gasteiger partial charge in [0.1, 0.15) is 12.1 Å². The van der Waals surface area contributed by atoms with Crippen LogP contribution in [0.25, 0.3) is 11.3 Å². The van der Waals surface area contributed by atoms with Crippen LogP contribution >= 0.6 is 11.7 Å². The molecule has 0 radical (unpaired) electrons. The van der Waals surface area contributed by atoms with Gasteiger partial charge in [-0.2, -0.15) is 9.36 Å². The molecule has 0 saturated carbocycles. The molecule has 12 heteroatoms. The minimum Gasteiger partial charge on any atom is -0.435 e. The maximum Gasteiger partial charge on any atom is 0.276 e. The fourth-order valence-electron chi connectivity index (χ4n) is 2.87. The molecule has 0 saturated heterocycles. The minimum atomic E-state index is 0.213. The average molecular weight is 435 g/mol. The molecule has 1 aliphatic rings. The van der Waals surface area contributed by atoms with E-state index in [9.17, 15) is 0 Å². The van der Waals surface area contributed by atoms with Crippen LogP contribution in [0.2, 0.25) is 0 Å². The number of anilines is 1. The first-order valence-corrected chi connectivity index (χ1v) is 10.2. The number of rotatable bonds is 6. The molecule has 1 aliphatic heterocycles. The van der Waals surface area contributed by atoms with Gasteiger partial charge in [0.25, 0.3) is 11.8 Å². The van der Waals surface area contributed by atoms with Crippen molar-refractivity contribution >= 4 is 23.1 Å². The van der Waals surface area contributed by atoms with Crippen LogP contribution in [0, 0.1) is 0 Å². The van der Waals surface area contributed by atoms with E-state index in [2.05, 4.69) is 34.4 Å². The lowest BCUT2D eigenvalue weighted by Gasteiger charge is -2.19. The van der Waals surface area contributed by atoms with E-state index in [-0.39, 0.29) is 5.92 Å². The van der Waals surface area contributed by atoms with Gasteiger partial charge in [0.2, 0.25) is 5.82 Å². The third kappa shape index (κ3) is 3.92. The minimum absolute atomic E-state index is 0.213. The number of hydrogen-bond acceptors (Lipinski definition) is 11. The van der Waals surface area contributed by atoms with Gasteiger partial charge in [0.15, 0.2) is 5.82 Å². The molecule has 1 aromatic carbocycles. The number of ether oxygens (including phenoxy) is 1. The summed E-state index contributed by atoms with van der Waals surface area (Å²) in [5, 5.41) is 15.1. The number of benzene rings is 1. The highest BCUT2D eigenvalue weighted by Crippen LogP contribution is 2.32. The molecule has 4 aromatic rings. The summed E-state index contributed by atoms with van der Waals surface area (Å²) < 4.78 is 21.6. The third-order valence-corrected chi connectivity index (χ3v) is 5.03. The Hall–Kier alpha value is -3.93. The number of tetrazole rings is 1. The zero-order valence-electron chi connectivity index (χ0n) is 16.7. The molecular formula is C19H17N9O2S. The van der Waals surface area contributed by atoms with E-state index in [1.54, 1.807) is 4.68 Å². The molecule has 4 heterocycles. The molecule has 0 unspecified atom stereocenters. The normalized spacial score (nSPS) is 13.6. The number of aromatic nitrogens is 8. The van der Waals surface area contributed by atoms with E-state index in [1.807, 2.05) is 61.4 Å². The van der Waals surface area contributed by atoms with Crippen LogP contribution in [-0.2, 0) is 0 Å². The molecule has 0 bridgehead atoms. The van der Waals surface area contributed by atoms with Crippen LogP contribution in [0.5, 0.6) is 11.6 Å². The molecule has 0 spiro atoms. The Morgan fingerprint density at radius 3 is 2.71 bits per heavy atom. The fraction of sp³-hybridized carbons (Fsp3) is 0.211. The first kappa shape index (κ1) is 19.1. The fourth-order valence-corrected chi connectivity index (χ4v) is 3.37. The second-order valence-corrected chi connectivity index (χ2v) is 7.51. The van der Waals surface area contributed by atoms with E-state index in [0.717, 1.165) is 23.0 Å². The smallest absolute Gasteiger partial charge is 0.276 e. The second kappa shape index (κ2) is 8.07. The van der Waals surface area contributed by atoms with Crippen molar-refractivity contribution in [1.29, 1.82) is 0 Å². The highest BCUT2D eigenvalue weighted by Gasteiger charge is 2.20. The first-order valence-electron chi connectivity index (χ1n) is 9.50. The molecule has 0 amide bonds. The summed E-state index contributed by atoms with van der Waals surface area (Å²) in [5.74, 6) is 3.11. The standard InChI is InChI=1S/C19H17N9O2S/c1-12(2)16-21-18(30-22-16)13-7-9-27(10-8-13)17-19(24-31-23-17)29-15-5-3-14(4-6-15)28-11-20-25-26-28/h3-9,11-12H,10H2,1-2H3. The monoisotopic (exact) mass is 435 g/mol. The van der Waals surface area contributed by atoms with Crippen LogP contribution < -0.4 is 9.64 Å². The van der Waals surface area contributed by atoms with E-state index in [0.29, 0.717) is 35.7 Å². The van der Waals surface area contributed by atoms with Gasteiger partial charge in [-0.05, 0) is 40.8 Å².